The van der Waals surface area contributed by atoms with E-state index in [9.17, 15) is 13.9 Å². The van der Waals surface area contributed by atoms with Crippen LogP contribution in [0.2, 0.25) is 0 Å². The summed E-state index contributed by atoms with van der Waals surface area (Å²) in [6.45, 7) is 0.605. The standard InChI is InChI=1S/C16H14F2N2O5/c17-16(18)24-11-2-1-8(5-12(11)25-16)15-19-3-4-20(15)9-6-22-14-10(21)7-23-13(9)14/h1-5,9-10,13-14,21H,6-7H2/t9-,10-,13-,14-/m1/s1. The molecule has 0 radical (unpaired) electrons. The molecule has 132 valence electrons. The number of aliphatic hydroxyl groups is 1. The molecule has 1 N–H and O–H groups in total. The molecule has 2 aromatic rings. The zero-order valence-electron chi connectivity index (χ0n) is 12.8. The van der Waals surface area contributed by atoms with Crippen LogP contribution in [0.3, 0.4) is 0 Å². The highest BCUT2D eigenvalue weighted by Gasteiger charge is 2.48. The van der Waals surface area contributed by atoms with Crippen molar-refractivity contribution in [1.82, 2.24) is 9.55 Å². The lowest BCUT2D eigenvalue weighted by Crippen LogP contribution is -2.30. The van der Waals surface area contributed by atoms with Crippen molar-refractivity contribution in [3.63, 3.8) is 0 Å². The van der Waals surface area contributed by atoms with E-state index < -0.39 is 12.4 Å². The minimum absolute atomic E-state index is 0.0154. The number of halogens is 2. The van der Waals surface area contributed by atoms with E-state index in [-0.39, 0.29) is 36.4 Å². The quantitative estimate of drug-likeness (QED) is 0.884. The Morgan fingerprint density at radius 2 is 1.92 bits per heavy atom. The van der Waals surface area contributed by atoms with Gasteiger partial charge in [-0.2, -0.15) is 0 Å². The molecule has 1 aromatic heterocycles. The molecular weight excluding hydrogens is 338 g/mol. The van der Waals surface area contributed by atoms with Gasteiger partial charge in [0.15, 0.2) is 11.5 Å². The Morgan fingerprint density at radius 3 is 2.80 bits per heavy atom. The van der Waals surface area contributed by atoms with Gasteiger partial charge in [-0.15, -0.1) is 8.78 Å². The molecule has 0 bridgehead atoms. The molecule has 2 fully saturated rings. The average Bonchev–Trinajstić information content (AvgIpc) is 3.29. The third-order valence-corrected chi connectivity index (χ3v) is 4.69. The molecule has 1 aromatic carbocycles. The van der Waals surface area contributed by atoms with Gasteiger partial charge in [-0.1, -0.05) is 0 Å². The highest BCUT2D eigenvalue weighted by Crippen LogP contribution is 2.43. The molecule has 7 nitrogen and oxygen atoms in total. The number of hydrogen-bond acceptors (Lipinski definition) is 6. The van der Waals surface area contributed by atoms with E-state index in [0.29, 0.717) is 18.0 Å². The second-order valence-corrected chi connectivity index (χ2v) is 6.22. The molecule has 9 heteroatoms. The van der Waals surface area contributed by atoms with Crippen molar-refractivity contribution in [2.24, 2.45) is 0 Å². The van der Waals surface area contributed by atoms with E-state index in [1.165, 1.54) is 12.1 Å². The monoisotopic (exact) mass is 352 g/mol. The van der Waals surface area contributed by atoms with Crippen molar-refractivity contribution in [3.05, 3.63) is 30.6 Å². The Hall–Kier alpha value is -2.23. The molecule has 4 atom stereocenters. The number of hydrogen-bond donors (Lipinski definition) is 1. The number of rotatable bonds is 2. The first-order chi connectivity index (χ1) is 12.0. The van der Waals surface area contributed by atoms with Crippen molar-refractivity contribution in [2.45, 2.75) is 30.6 Å². The Bertz CT molecular complexity index is 827. The summed E-state index contributed by atoms with van der Waals surface area (Å²) in [6, 6.07) is 4.37. The van der Waals surface area contributed by atoms with Gasteiger partial charge in [0.25, 0.3) is 0 Å². The molecule has 0 spiro atoms. The van der Waals surface area contributed by atoms with Gasteiger partial charge in [-0.25, -0.2) is 4.98 Å². The molecule has 0 unspecified atom stereocenters. The van der Waals surface area contributed by atoms with Crippen molar-refractivity contribution in [2.75, 3.05) is 13.2 Å². The third-order valence-electron chi connectivity index (χ3n) is 4.69. The van der Waals surface area contributed by atoms with Crippen LogP contribution in [0.15, 0.2) is 30.6 Å². The summed E-state index contributed by atoms with van der Waals surface area (Å²) < 4.78 is 48.5. The van der Waals surface area contributed by atoms with Crippen molar-refractivity contribution < 1.29 is 32.8 Å². The molecule has 3 aliphatic rings. The first kappa shape index (κ1) is 15.1. The van der Waals surface area contributed by atoms with Gasteiger partial charge >= 0.3 is 6.29 Å². The topological polar surface area (TPSA) is 75.0 Å². The van der Waals surface area contributed by atoms with Gasteiger partial charge in [-0.05, 0) is 18.2 Å². The first-order valence-electron chi connectivity index (χ1n) is 7.86. The smallest absolute Gasteiger partial charge is 0.395 e. The van der Waals surface area contributed by atoms with Crippen LogP contribution in [0.4, 0.5) is 8.78 Å². The molecule has 5 rings (SSSR count). The van der Waals surface area contributed by atoms with Crippen molar-refractivity contribution in [1.29, 1.82) is 0 Å². The van der Waals surface area contributed by atoms with Crippen LogP contribution < -0.4 is 9.47 Å². The molecule has 4 heterocycles. The molecule has 3 aliphatic heterocycles. The number of aliphatic hydroxyl groups excluding tert-OH is 1. The zero-order valence-corrected chi connectivity index (χ0v) is 12.8. The molecule has 0 aliphatic carbocycles. The van der Waals surface area contributed by atoms with E-state index in [0.717, 1.165) is 0 Å². The van der Waals surface area contributed by atoms with E-state index in [2.05, 4.69) is 14.5 Å². The van der Waals surface area contributed by atoms with Crippen LogP contribution >= 0.6 is 0 Å². The van der Waals surface area contributed by atoms with Crippen molar-refractivity contribution in [3.8, 4) is 22.9 Å². The van der Waals surface area contributed by atoms with Crippen LogP contribution in [0, 0.1) is 0 Å². The van der Waals surface area contributed by atoms with Crippen LogP contribution in [0.5, 0.6) is 11.5 Å². The highest BCUT2D eigenvalue weighted by molar-refractivity contribution is 5.62. The lowest BCUT2D eigenvalue weighted by molar-refractivity contribution is -0.286. The minimum atomic E-state index is -3.66. The summed E-state index contributed by atoms with van der Waals surface area (Å²) >= 11 is 0. The molecule has 0 saturated carbocycles. The fraction of sp³-hybridized carbons (Fsp3) is 0.438. The Kier molecular flexibility index (Phi) is 3.09. The largest absolute Gasteiger partial charge is 0.586 e. The van der Waals surface area contributed by atoms with E-state index in [1.807, 2.05) is 4.57 Å². The van der Waals surface area contributed by atoms with Gasteiger partial charge in [0.1, 0.15) is 24.1 Å². The van der Waals surface area contributed by atoms with Gasteiger partial charge < -0.3 is 28.6 Å². The summed E-state index contributed by atoms with van der Waals surface area (Å²) in [5.74, 6) is 0.518. The number of aromatic nitrogens is 2. The zero-order chi connectivity index (χ0) is 17.2. The Balaban J connectivity index is 1.49. The van der Waals surface area contributed by atoms with Crippen LogP contribution in [0.25, 0.3) is 11.4 Å². The Labute approximate surface area is 140 Å². The second-order valence-electron chi connectivity index (χ2n) is 6.22. The normalized spacial score (nSPS) is 32.1. The van der Waals surface area contributed by atoms with Crippen molar-refractivity contribution >= 4 is 0 Å². The van der Waals surface area contributed by atoms with Gasteiger partial charge in [-0.3, -0.25) is 0 Å². The number of fused-ring (bicyclic) bond motifs is 2. The molecule has 25 heavy (non-hydrogen) atoms. The number of alkyl halides is 2. The average molecular weight is 352 g/mol. The first-order valence-corrected chi connectivity index (χ1v) is 7.86. The molecule has 0 amide bonds. The summed E-state index contributed by atoms with van der Waals surface area (Å²) in [6.07, 6.45) is -1.55. The number of imidazole rings is 1. The fourth-order valence-electron chi connectivity index (χ4n) is 3.59. The van der Waals surface area contributed by atoms with Crippen LogP contribution in [-0.2, 0) is 9.47 Å². The SMILES string of the molecule is O[C@@H]1CO[C@H]2[C@@H]1OC[C@H]2n1ccnc1-c1ccc2c(c1)OC(F)(F)O2. The summed E-state index contributed by atoms with van der Waals surface area (Å²) in [4.78, 5) is 4.33. The highest BCUT2D eigenvalue weighted by atomic mass is 19.3. The Morgan fingerprint density at radius 1 is 1.12 bits per heavy atom. The number of nitrogens with zero attached hydrogens (tertiary/aromatic N) is 2. The predicted molar refractivity (Wildman–Crippen MR) is 78.4 cm³/mol. The van der Waals surface area contributed by atoms with Gasteiger partial charge in [0.2, 0.25) is 0 Å². The molecular formula is C16H14F2N2O5. The summed E-state index contributed by atoms with van der Waals surface area (Å²) in [5, 5.41) is 9.88. The maximum absolute atomic E-state index is 13.2. The number of benzene rings is 1. The number of ether oxygens (including phenoxy) is 4. The van der Waals surface area contributed by atoms with Gasteiger partial charge in [0, 0.05) is 18.0 Å². The predicted octanol–water partition coefficient (Wildman–Crippen LogP) is 1.57. The maximum atomic E-state index is 13.2. The van der Waals surface area contributed by atoms with Gasteiger partial charge in [0.05, 0.1) is 19.3 Å². The summed E-state index contributed by atoms with van der Waals surface area (Å²) in [7, 11) is 0. The lowest BCUT2D eigenvalue weighted by Gasteiger charge is -2.19. The van der Waals surface area contributed by atoms with Crippen LogP contribution in [0.1, 0.15) is 6.04 Å². The summed E-state index contributed by atoms with van der Waals surface area (Å²) in [5.41, 5.74) is 0.604. The lowest BCUT2D eigenvalue weighted by atomic mass is 10.1. The fourth-order valence-corrected chi connectivity index (χ4v) is 3.59. The molecule has 2 saturated heterocycles. The van der Waals surface area contributed by atoms with E-state index in [4.69, 9.17) is 9.47 Å². The maximum Gasteiger partial charge on any atom is 0.586 e. The van der Waals surface area contributed by atoms with Crippen LogP contribution in [-0.4, -0.2) is 52.5 Å². The second kappa shape index (κ2) is 5.13. The minimum Gasteiger partial charge on any atom is -0.395 e. The van der Waals surface area contributed by atoms with E-state index >= 15 is 0 Å². The van der Waals surface area contributed by atoms with E-state index in [1.54, 1.807) is 18.5 Å². The third kappa shape index (κ3) is 2.30.